The second-order valence-electron chi connectivity index (χ2n) is 3.55. The summed E-state index contributed by atoms with van der Waals surface area (Å²) in [7, 11) is 0. The van der Waals surface area contributed by atoms with Gasteiger partial charge in [0.25, 0.3) is 0 Å². The van der Waals surface area contributed by atoms with Gasteiger partial charge in [-0.3, -0.25) is 4.98 Å². The first-order valence-corrected chi connectivity index (χ1v) is 5.34. The third-order valence-corrected chi connectivity index (χ3v) is 2.67. The van der Waals surface area contributed by atoms with E-state index in [0.717, 1.165) is 11.1 Å². The van der Waals surface area contributed by atoms with Gasteiger partial charge in [0.05, 0.1) is 0 Å². The number of hydrogen-bond donors (Lipinski definition) is 1. The van der Waals surface area contributed by atoms with Crippen LogP contribution >= 0.6 is 11.6 Å². The number of rotatable bonds is 1. The minimum Gasteiger partial charge on any atom is -0.366 e. The Kier molecular flexibility index (Phi) is 2.19. The Labute approximate surface area is 102 Å². The van der Waals surface area contributed by atoms with Crippen LogP contribution in [0.4, 0.5) is 5.95 Å². The fraction of sp³-hybridized carbons (Fsp3) is 0. The van der Waals surface area contributed by atoms with Crippen LogP contribution in [0.2, 0.25) is 5.15 Å². The molecule has 3 aromatic rings. The molecule has 0 unspecified atom stereocenters. The van der Waals surface area contributed by atoms with Crippen LogP contribution in [0.5, 0.6) is 0 Å². The summed E-state index contributed by atoms with van der Waals surface area (Å²) >= 11 is 6.11. The van der Waals surface area contributed by atoms with E-state index in [0.29, 0.717) is 10.8 Å². The minimum absolute atomic E-state index is 0.204. The molecular formula is C11H8ClN5. The molecule has 0 bridgehead atoms. The molecule has 0 aliphatic carbocycles. The van der Waals surface area contributed by atoms with Gasteiger partial charge in [-0.05, 0) is 23.8 Å². The molecule has 3 rings (SSSR count). The van der Waals surface area contributed by atoms with Crippen molar-refractivity contribution in [1.82, 2.24) is 19.6 Å². The molecule has 0 aromatic carbocycles. The number of aromatic nitrogens is 4. The first-order valence-electron chi connectivity index (χ1n) is 4.96. The molecule has 3 heterocycles. The molecule has 0 aliphatic rings. The first-order chi connectivity index (χ1) is 8.24. The van der Waals surface area contributed by atoms with Gasteiger partial charge in [0.2, 0.25) is 5.95 Å². The maximum atomic E-state index is 6.11. The van der Waals surface area contributed by atoms with Gasteiger partial charge in [0.1, 0.15) is 5.15 Å². The minimum atomic E-state index is 0.204. The number of nitrogen functional groups attached to an aromatic ring is 1. The number of fused-ring (bicyclic) bond motifs is 1. The number of pyridine rings is 2. The highest BCUT2D eigenvalue weighted by Crippen LogP contribution is 2.24. The Balaban J connectivity index is 2.25. The van der Waals surface area contributed by atoms with Gasteiger partial charge >= 0.3 is 0 Å². The smallest absolute Gasteiger partial charge is 0.240 e. The van der Waals surface area contributed by atoms with Crippen LogP contribution in [0.1, 0.15) is 0 Å². The predicted molar refractivity (Wildman–Crippen MR) is 65.6 cm³/mol. The molecule has 3 aromatic heterocycles. The maximum Gasteiger partial charge on any atom is 0.240 e. The largest absolute Gasteiger partial charge is 0.366 e. The molecule has 0 aliphatic heterocycles. The summed E-state index contributed by atoms with van der Waals surface area (Å²) in [5.74, 6) is 0.204. The lowest BCUT2D eigenvalue weighted by atomic mass is 10.1. The van der Waals surface area contributed by atoms with Crippen molar-refractivity contribution >= 4 is 23.2 Å². The van der Waals surface area contributed by atoms with Crippen LogP contribution in [-0.4, -0.2) is 19.6 Å². The van der Waals surface area contributed by atoms with Crippen LogP contribution < -0.4 is 5.73 Å². The Morgan fingerprint density at radius 3 is 2.88 bits per heavy atom. The summed E-state index contributed by atoms with van der Waals surface area (Å²) in [6, 6.07) is 7.49. The zero-order valence-electron chi connectivity index (χ0n) is 8.71. The van der Waals surface area contributed by atoms with Gasteiger partial charge in [0.15, 0.2) is 5.65 Å². The molecule has 0 atom stereocenters. The van der Waals surface area contributed by atoms with Crippen molar-refractivity contribution in [2.45, 2.75) is 0 Å². The van der Waals surface area contributed by atoms with E-state index in [9.17, 15) is 0 Å². The second kappa shape index (κ2) is 3.71. The quantitative estimate of drug-likeness (QED) is 0.666. The van der Waals surface area contributed by atoms with Gasteiger partial charge in [0, 0.05) is 18.0 Å². The zero-order chi connectivity index (χ0) is 11.8. The molecule has 6 heteroatoms. The Hall–Kier alpha value is -2.14. The molecule has 0 fully saturated rings. The lowest BCUT2D eigenvalue weighted by molar-refractivity contribution is 0.969. The van der Waals surface area contributed by atoms with E-state index in [2.05, 4.69) is 15.1 Å². The molecule has 0 radical (unpaired) electrons. The molecule has 0 amide bonds. The van der Waals surface area contributed by atoms with Crippen molar-refractivity contribution < 1.29 is 0 Å². The van der Waals surface area contributed by atoms with Crippen LogP contribution in [0, 0.1) is 0 Å². The number of nitrogens with zero attached hydrogens (tertiary/aromatic N) is 4. The molecule has 0 saturated heterocycles. The molecule has 0 spiro atoms. The normalized spacial score (nSPS) is 10.9. The Morgan fingerprint density at radius 2 is 2.12 bits per heavy atom. The summed E-state index contributed by atoms with van der Waals surface area (Å²) in [5.41, 5.74) is 8.06. The van der Waals surface area contributed by atoms with Gasteiger partial charge in [-0.15, -0.1) is 5.10 Å². The second-order valence-corrected chi connectivity index (χ2v) is 3.94. The van der Waals surface area contributed by atoms with Gasteiger partial charge in [-0.25, -0.2) is 4.52 Å². The fourth-order valence-electron chi connectivity index (χ4n) is 1.66. The molecule has 5 nitrogen and oxygen atoms in total. The monoisotopic (exact) mass is 245 g/mol. The summed E-state index contributed by atoms with van der Waals surface area (Å²) in [5, 5.41) is 4.45. The molecule has 2 N–H and O–H groups in total. The van der Waals surface area contributed by atoms with Crippen LogP contribution in [-0.2, 0) is 0 Å². The van der Waals surface area contributed by atoms with Crippen molar-refractivity contribution in [3.05, 3.63) is 41.8 Å². The van der Waals surface area contributed by atoms with Gasteiger partial charge < -0.3 is 5.73 Å². The summed E-state index contributed by atoms with van der Waals surface area (Å²) < 4.78 is 1.50. The molecular weight excluding hydrogens is 238 g/mol. The van der Waals surface area contributed by atoms with Crippen LogP contribution in [0.25, 0.3) is 16.8 Å². The van der Waals surface area contributed by atoms with E-state index in [4.69, 9.17) is 17.3 Å². The van der Waals surface area contributed by atoms with E-state index in [1.807, 2.05) is 18.2 Å². The highest BCUT2D eigenvalue weighted by atomic mass is 35.5. The highest BCUT2D eigenvalue weighted by Gasteiger charge is 2.07. The SMILES string of the molecule is Nc1nc2cc(-c3cccnc3)cc(Cl)n2n1. The van der Waals surface area contributed by atoms with Crippen molar-refractivity contribution in [1.29, 1.82) is 0 Å². The van der Waals surface area contributed by atoms with E-state index in [1.165, 1.54) is 4.52 Å². The zero-order valence-corrected chi connectivity index (χ0v) is 9.46. The fourth-order valence-corrected chi connectivity index (χ4v) is 1.90. The maximum absolute atomic E-state index is 6.11. The molecule has 17 heavy (non-hydrogen) atoms. The van der Waals surface area contributed by atoms with E-state index in [-0.39, 0.29) is 5.95 Å². The topological polar surface area (TPSA) is 69.1 Å². The third kappa shape index (κ3) is 1.70. The van der Waals surface area contributed by atoms with E-state index in [1.54, 1.807) is 18.5 Å². The number of halogens is 1. The lowest BCUT2D eigenvalue weighted by Crippen LogP contribution is -1.92. The number of anilines is 1. The van der Waals surface area contributed by atoms with Crippen LogP contribution in [0.15, 0.2) is 36.7 Å². The standard InChI is InChI=1S/C11H8ClN5/c12-9-4-8(7-2-1-3-14-6-7)5-10-15-11(13)16-17(9)10/h1-6H,(H2,13,16). The number of nitrogens with two attached hydrogens (primary N) is 1. The summed E-state index contributed by atoms with van der Waals surface area (Å²) in [6.07, 6.45) is 3.49. The Bertz CT molecular complexity index is 677. The molecule has 0 saturated carbocycles. The average molecular weight is 246 g/mol. The van der Waals surface area contributed by atoms with Gasteiger partial charge in [-0.2, -0.15) is 4.98 Å². The van der Waals surface area contributed by atoms with Crippen molar-refractivity contribution in [3.63, 3.8) is 0 Å². The van der Waals surface area contributed by atoms with Crippen LogP contribution in [0.3, 0.4) is 0 Å². The van der Waals surface area contributed by atoms with Crippen molar-refractivity contribution in [2.24, 2.45) is 0 Å². The van der Waals surface area contributed by atoms with Crippen molar-refractivity contribution in [2.75, 3.05) is 5.73 Å². The summed E-state index contributed by atoms with van der Waals surface area (Å²) in [6.45, 7) is 0. The van der Waals surface area contributed by atoms with E-state index < -0.39 is 0 Å². The Morgan fingerprint density at radius 1 is 1.24 bits per heavy atom. The highest BCUT2D eigenvalue weighted by molar-refractivity contribution is 6.30. The third-order valence-electron chi connectivity index (χ3n) is 2.40. The predicted octanol–water partition coefficient (Wildman–Crippen LogP) is 2.03. The molecule has 84 valence electrons. The van der Waals surface area contributed by atoms with Gasteiger partial charge in [-0.1, -0.05) is 17.7 Å². The average Bonchev–Trinajstić information content (AvgIpc) is 2.71. The van der Waals surface area contributed by atoms with Crippen molar-refractivity contribution in [3.8, 4) is 11.1 Å². The number of hydrogen-bond acceptors (Lipinski definition) is 4. The van der Waals surface area contributed by atoms with E-state index >= 15 is 0 Å². The first kappa shape index (κ1) is 10.0. The lowest BCUT2D eigenvalue weighted by Gasteiger charge is -2.02. The summed E-state index contributed by atoms with van der Waals surface area (Å²) in [4.78, 5) is 8.15.